The van der Waals surface area contributed by atoms with E-state index in [1.165, 1.54) is 11.8 Å². The average molecular weight is 114 g/mol. The summed E-state index contributed by atoms with van der Waals surface area (Å²) in [5.74, 6) is 0. The molecule has 0 aliphatic carbocycles. The molecule has 0 rings (SSSR count). The molecule has 0 aromatic heterocycles. The minimum atomic E-state index is 0.528. The molecule has 2 nitrogen and oxygen atoms in total. The van der Waals surface area contributed by atoms with Crippen molar-refractivity contribution < 1.29 is 0 Å². The topological polar surface area (TPSA) is 36.1 Å². The first-order chi connectivity index (χ1) is 3.35. The largest absolute Gasteiger partial charge is 0.272 e. The molecule has 0 radical (unpaired) electrons. The summed E-state index contributed by atoms with van der Waals surface area (Å²) < 4.78 is 0. The summed E-state index contributed by atoms with van der Waals surface area (Å²) in [6, 6.07) is 1.91. The molecule has 3 heteroatoms. The highest BCUT2D eigenvalue weighted by Crippen LogP contribution is 1.93. The van der Waals surface area contributed by atoms with Gasteiger partial charge >= 0.3 is 0 Å². The minimum Gasteiger partial charge on any atom is -0.272 e. The smallest absolute Gasteiger partial charge is 0.168 e. The van der Waals surface area contributed by atoms with Gasteiger partial charge < -0.3 is 0 Å². The zero-order valence-corrected chi connectivity index (χ0v) is 5.12. The normalized spacial score (nSPS) is 10.7. The predicted molar refractivity (Wildman–Crippen MR) is 32.5 cm³/mol. The van der Waals surface area contributed by atoms with Gasteiger partial charge in [0.15, 0.2) is 5.04 Å². The van der Waals surface area contributed by atoms with Gasteiger partial charge in [0.25, 0.3) is 0 Å². The van der Waals surface area contributed by atoms with E-state index >= 15 is 0 Å². The molecular formula is C4H6N2S. The van der Waals surface area contributed by atoms with E-state index in [1.807, 2.05) is 12.3 Å². The Balaban J connectivity index is 3.68. The monoisotopic (exact) mass is 114 g/mol. The summed E-state index contributed by atoms with van der Waals surface area (Å²) in [7, 11) is 1.61. The van der Waals surface area contributed by atoms with Gasteiger partial charge in [0.1, 0.15) is 6.07 Å². The van der Waals surface area contributed by atoms with Crippen LogP contribution in [0.25, 0.3) is 0 Å². The quantitative estimate of drug-likeness (QED) is 0.346. The highest BCUT2D eigenvalue weighted by atomic mass is 32.2. The molecule has 0 amide bonds. The van der Waals surface area contributed by atoms with Gasteiger partial charge in [-0.25, -0.2) is 0 Å². The molecule has 38 valence electrons. The second-order valence-electron chi connectivity index (χ2n) is 0.845. The Bertz CT molecular complexity index is 111. The predicted octanol–water partition coefficient (Wildman–Crippen LogP) is 0.901. The first kappa shape index (κ1) is 6.51. The fourth-order valence-electron chi connectivity index (χ4n) is 0.187. The lowest BCUT2D eigenvalue weighted by Crippen LogP contribution is -1.81. The van der Waals surface area contributed by atoms with E-state index in [-0.39, 0.29) is 0 Å². The van der Waals surface area contributed by atoms with E-state index in [1.54, 1.807) is 7.05 Å². The summed E-state index contributed by atoms with van der Waals surface area (Å²) in [6.45, 7) is 0. The Morgan fingerprint density at radius 2 is 2.43 bits per heavy atom. The molecule has 0 fully saturated rings. The molecule has 7 heavy (non-hydrogen) atoms. The zero-order valence-electron chi connectivity index (χ0n) is 4.30. The number of hydrogen-bond donors (Lipinski definition) is 0. The summed E-state index contributed by atoms with van der Waals surface area (Å²) in [6.07, 6.45) is 1.82. The van der Waals surface area contributed by atoms with Gasteiger partial charge in [0, 0.05) is 7.05 Å². The van der Waals surface area contributed by atoms with Gasteiger partial charge in [-0.05, 0) is 6.26 Å². The standard InChI is InChI=1S/C4H6N2S/c1-6-4(3-5)7-2/h1-2H3/b6-4-. The number of thioether (sulfide) groups is 1. The Morgan fingerprint density at radius 3 is 2.43 bits per heavy atom. The highest BCUT2D eigenvalue weighted by molar-refractivity contribution is 8.13. The average Bonchev–Trinajstić information content (AvgIpc) is 1.72. The summed E-state index contributed by atoms with van der Waals surface area (Å²) >= 11 is 1.36. The molecule has 0 bridgehead atoms. The van der Waals surface area contributed by atoms with E-state index in [4.69, 9.17) is 5.26 Å². The maximum absolute atomic E-state index is 8.12. The number of rotatable bonds is 0. The van der Waals surface area contributed by atoms with Crippen LogP contribution in [-0.4, -0.2) is 18.3 Å². The van der Waals surface area contributed by atoms with Crippen molar-refractivity contribution in [3.63, 3.8) is 0 Å². The van der Waals surface area contributed by atoms with Crippen molar-refractivity contribution in [3.05, 3.63) is 0 Å². The number of hydrogen-bond acceptors (Lipinski definition) is 3. The molecule has 0 aliphatic heterocycles. The summed E-state index contributed by atoms with van der Waals surface area (Å²) in [5, 5.41) is 8.65. The first-order valence-electron chi connectivity index (χ1n) is 1.76. The number of aliphatic imine (C=N–C) groups is 1. The second kappa shape index (κ2) is 3.69. The highest BCUT2D eigenvalue weighted by Gasteiger charge is 1.85. The van der Waals surface area contributed by atoms with Crippen molar-refractivity contribution in [1.82, 2.24) is 0 Å². The first-order valence-corrected chi connectivity index (χ1v) is 2.98. The lowest BCUT2D eigenvalue weighted by Gasteiger charge is -1.80. The van der Waals surface area contributed by atoms with Crippen molar-refractivity contribution in [2.75, 3.05) is 13.3 Å². The van der Waals surface area contributed by atoms with E-state index in [0.717, 1.165) is 0 Å². The molecule has 0 saturated heterocycles. The fraction of sp³-hybridized carbons (Fsp3) is 0.500. The summed E-state index contributed by atoms with van der Waals surface area (Å²) in [4.78, 5) is 3.64. The van der Waals surface area contributed by atoms with E-state index in [2.05, 4.69) is 4.99 Å². The lowest BCUT2D eigenvalue weighted by atomic mass is 10.8. The van der Waals surface area contributed by atoms with Gasteiger partial charge in [0.05, 0.1) is 0 Å². The zero-order chi connectivity index (χ0) is 5.70. The van der Waals surface area contributed by atoms with E-state index in [0.29, 0.717) is 5.04 Å². The van der Waals surface area contributed by atoms with Crippen molar-refractivity contribution in [1.29, 1.82) is 5.26 Å². The van der Waals surface area contributed by atoms with Crippen LogP contribution in [0.3, 0.4) is 0 Å². The van der Waals surface area contributed by atoms with Crippen LogP contribution in [0.1, 0.15) is 0 Å². The maximum Gasteiger partial charge on any atom is 0.168 e. The van der Waals surface area contributed by atoms with Gasteiger partial charge in [-0.3, -0.25) is 4.99 Å². The molecule has 0 spiro atoms. The van der Waals surface area contributed by atoms with Crippen LogP contribution in [0.4, 0.5) is 0 Å². The second-order valence-corrected chi connectivity index (χ2v) is 1.64. The van der Waals surface area contributed by atoms with E-state index < -0.39 is 0 Å². The van der Waals surface area contributed by atoms with Crippen LogP contribution >= 0.6 is 11.8 Å². The Labute approximate surface area is 47.2 Å². The Hall–Kier alpha value is -0.490. The Kier molecular flexibility index (Phi) is 3.43. The fourth-order valence-corrected chi connectivity index (χ4v) is 0.461. The molecule has 0 atom stereocenters. The van der Waals surface area contributed by atoms with Crippen LogP contribution < -0.4 is 0 Å². The van der Waals surface area contributed by atoms with Crippen molar-refractivity contribution in [2.24, 2.45) is 4.99 Å². The van der Waals surface area contributed by atoms with E-state index in [9.17, 15) is 0 Å². The molecule has 0 aromatic rings. The molecule has 0 aliphatic rings. The van der Waals surface area contributed by atoms with Crippen LogP contribution in [0.5, 0.6) is 0 Å². The SMILES string of the molecule is C/N=C(/C#N)SC. The van der Waals surface area contributed by atoms with Gasteiger partial charge in [-0.2, -0.15) is 5.26 Å². The van der Waals surface area contributed by atoms with Gasteiger partial charge in [-0.1, -0.05) is 11.8 Å². The van der Waals surface area contributed by atoms with Gasteiger partial charge in [-0.15, -0.1) is 0 Å². The van der Waals surface area contributed by atoms with Gasteiger partial charge in [0.2, 0.25) is 0 Å². The third kappa shape index (κ3) is 2.24. The van der Waals surface area contributed by atoms with Crippen molar-refractivity contribution >= 4 is 16.8 Å². The minimum absolute atomic E-state index is 0.528. The van der Waals surface area contributed by atoms with Crippen LogP contribution in [-0.2, 0) is 0 Å². The molecule has 0 heterocycles. The molecule has 0 saturated carbocycles. The third-order valence-corrected chi connectivity index (χ3v) is 1.15. The van der Waals surface area contributed by atoms with Crippen LogP contribution in [0.15, 0.2) is 4.99 Å². The van der Waals surface area contributed by atoms with Crippen molar-refractivity contribution in [2.45, 2.75) is 0 Å². The molecular weight excluding hydrogens is 108 g/mol. The third-order valence-electron chi connectivity index (χ3n) is 0.492. The molecule has 0 unspecified atom stereocenters. The number of nitriles is 1. The van der Waals surface area contributed by atoms with Crippen LogP contribution in [0, 0.1) is 11.3 Å². The van der Waals surface area contributed by atoms with Crippen molar-refractivity contribution in [3.8, 4) is 6.07 Å². The number of nitrogens with zero attached hydrogens (tertiary/aromatic N) is 2. The molecule has 0 N–H and O–H groups in total. The maximum atomic E-state index is 8.12. The lowest BCUT2D eigenvalue weighted by molar-refractivity contribution is 1.46. The van der Waals surface area contributed by atoms with Crippen LogP contribution in [0.2, 0.25) is 0 Å². The molecule has 0 aromatic carbocycles. The Morgan fingerprint density at radius 1 is 1.86 bits per heavy atom. The summed E-state index contributed by atoms with van der Waals surface area (Å²) in [5.41, 5.74) is 0.